The molecular formula is C15H12FN3O2. The van der Waals surface area contributed by atoms with Crippen LogP contribution in [0.1, 0.15) is 5.76 Å². The van der Waals surface area contributed by atoms with Gasteiger partial charge in [0.15, 0.2) is 0 Å². The fraction of sp³-hybridized carbons (Fsp3) is 0.0667. The van der Waals surface area contributed by atoms with Gasteiger partial charge in [0.05, 0.1) is 12.8 Å². The molecule has 0 aliphatic carbocycles. The normalized spacial score (nSPS) is 10.8. The molecule has 0 bridgehead atoms. The van der Waals surface area contributed by atoms with E-state index in [0.717, 1.165) is 0 Å². The fourth-order valence-corrected chi connectivity index (χ4v) is 1.56. The van der Waals surface area contributed by atoms with E-state index in [9.17, 15) is 9.18 Å². The van der Waals surface area contributed by atoms with E-state index in [4.69, 9.17) is 9.68 Å². The third-order valence-corrected chi connectivity index (χ3v) is 2.58. The van der Waals surface area contributed by atoms with Gasteiger partial charge in [0, 0.05) is 11.9 Å². The predicted octanol–water partition coefficient (Wildman–Crippen LogP) is 2.55. The van der Waals surface area contributed by atoms with Gasteiger partial charge in [-0.25, -0.2) is 4.39 Å². The summed E-state index contributed by atoms with van der Waals surface area (Å²) in [6.07, 6.45) is 2.72. The van der Waals surface area contributed by atoms with Crippen molar-refractivity contribution < 1.29 is 13.6 Å². The number of hydrogen-bond donors (Lipinski definition) is 2. The Kier molecular flexibility index (Phi) is 4.72. The van der Waals surface area contributed by atoms with E-state index in [1.807, 2.05) is 0 Å². The van der Waals surface area contributed by atoms with Crippen molar-refractivity contribution in [3.63, 3.8) is 0 Å². The van der Waals surface area contributed by atoms with Crippen molar-refractivity contribution in [3.8, 4) is 6.07 Å². The molecule has 1 heterocycles. The van der Waals surface area contributed by atoms with E-state index < -0.39 is 11.7 Å². The first-order valence-electron chi connectivity index (χ1n) is 6.12. The van der Waals surface area contributed by atoms with Gasteiger partial charge in [-0.05, 0) is 30.3 Å². The number of halogens is 1. The van der Waals surface area contributed by atoms with E-state index in [2.05, 4.69) is 10.6 Å². The molecule has 0 aliphatic rings. The smallest absolute Gasteiger partial charge is 0.263 e. The molecule has 0 saturated heterocycles. The predicted molar refractivity (Wildman–Crippen MR) is 74.3 cm³/mol. The molecule has 2 aromatic rings. The highest BCUT2D eigenvalue weighted by Crippen LogP contribution is 2.09. The van der Waals surface area contributed by atoms with Crippen LogP contribution in [0.15, 0.2) is 58.9 Å². The first kappa shape index (κ1) is 14.3. The van der Waals surface area contributed by atoms with Crippen LogP contribution in [0.25, 0.3) is 0 Å². The summed E-state index contributed by atoms with van der Waals surface area (Å²) >= 11 is 0. The van der Waals surface area contributed by atoms with Crippen LogP contribution >= 0.6 is 0 Å². The lowest BCUT2D eigenvalue weighted by atomic mass is 10.2. The van der Waals surface area contributed by atoms with Crippen LogP contribution < -0.4 is 10.6 Å². The van der Waals surface area contributed by atoms with Gasteiger partial charge in [-0.15, -0.1) is 0 Å². The summed E-state index contributed by atoms with van der Waals surface area (Å²) in [5.74, 6) is -0.370. The quantitative estimate of drug-likeness (QED) is 0.653. The van der Waals surface area contributed by atoms with E-state index in [0.29, 0.717) is 11.4 Å². The minimum atomic E-state index is -0.544. The molecule has 0 saturated carbocycles. The highest BCUT2D eigenvalue weighted by Gasteiger charge is 2.09. The van der Waals surface area contributed by atoms with E-state index in [1.165, 1.54) is 30.7 Å². The standard InChI is InChI=1S/C15H12FN3O2/c16-12-3-1-4-13(7-12)18-9-11(8-17)15(20)19-10-14-5-2-6-21-14/h1-7,9,18H,10H2,(H,19,20)/b11-9-. The summed E-state index contributed by atoms with van der Waals surface area (Å²) in [5, 5.41) is 14.2. The SMILES string of the molecule is N#C/C(=C/Nc1cccc(F)c1)C(=O)NCc1ccco1. The summed E-state index contributed by atoms with van der Waals surface area (Å²) in [5.41, 5.74) is 0.326. The maximum Gasteiger partial charge on any atom is 0.263 e. The molecule has 0 aliphatic heterocycles. The number of rotatable bonds is 5. The maximum absolute atomic E-state index is 13.0. The van der Waals surface area contributed by atoms with Crippen LogP contribution in [0.4, 0.5) is 10.1 Å². The molecule has 106 valence electrons. The molecule has 1 aromatic heterocycles. The van der Waals surface area contributed by atoms with Crippen molar-refractivity contribution in [2.75, 3.05) is 5.32 Å². The first-order valence-corrected chi connectivity index (χ1v) is 6.12. The van der Waals surface area contributed by atoms with E-state index >= 15 is 0 Å². The Labute approximate surface area is 120 Å². The molecule has 0 spiro atoms. The number of nitrogens with one attached hydrogen (secondary N) is 2. The Balaban J connectivity index is 1.96. The summed E-state index contributed by atoms with van der Waals surface area (Å²) < 4.78 is 18.1. The lowest BCUT2D eigenvalue weighted by Crippen LogP contribution is -2.24. The number of amides is 1. The molecule has 1 amide bonds. The number of nitriles is 1. The summed E-state index contributed by atoms with van der Waals surface area (Å²) in [6, 6.07) is 10.9. The zero-order valence-corrected chi connectivity index (χ0v) is 11.0. The van der Waals surface area contributed by atoms with Crippen molar-refractivity contribution >= 4 is 11.6 Å². The Bertz CT molecular complexity index is 687. The second-order valence-electron chi connectivity index (χ2n) is 4.09. The van der Waals surface area contributed by atoms with Crippen LogP contribution in [0.3, 0.4) is 0 Å². The third-order valence-electron chi connectivity index (χ3n) is 2.58. The molecule has 5 nitrogen and oxygen atoms in total. The van der Waals surface area contributed by atoms with Gasteiger partial charge in [-0.2, -0.15) is 5.26 Å². The number of furan rings is 1. The van der Waals surface area contributed by atoms with Gasteiger partial charge in [0.1, 0.15) is 23.2 Å². The van der Waals surface area contributed by atoms with Crippen molar-refractivity contribution in [1.82, 2.24) is 5.32 Å². The van der Waals surface area contributed by atoms with E-state index in [1.54, 1.807) is 24.3 Å². The molecule has 1 aromatic carbocycles. The molecule has 2 N–H and O–H groups in total. The van der Waals surface area contributed by atoms with Crippen LogP contribution in [-0.2, 0) is 11.3 Å². The third kappa shape index (κ3) is 4.21. The van der Waals surface area contributed by atoms with Crippen LogP contribution in [0.2, 0.25) is 0 Å². The van der Waals surface area contributed by atoms with Crippen LogP contribution in [0, 0.1) is 17.1 Å². The van der Waals surface area contributed by atoms with Crippen molar-refractivity contribution in [1.29, 1.82) is 5.26 Å². The molecular weight excluding hydrogens is 273 g/mol. The number of anilines is 1. The van der Waals surface area contributed by atoms with Gasteiger partial charge < -0.3 is 15.1 Å². The highest BCUT2D eigenvalue weighted by atomic mass is 19.1. The zero-order chi connectivity index (χ0) is 15.1. The topological polar surface area (TPSA) is 78.1 Å². The lowest BCUT2D eigenvalue weighted by Gasteiger charge is -2.04. The maximum atomic E-state index is 13.0. The van der Waals surface area contributed by atoms with Crippen molar-refractivity contribution in [2.45, 2.75) is 6.54 Å². The number of hydrogen-bond acceptors (Lipinski definition) is 4. The molecule has 6 heteroatoms. The highest BCUT2D eigenvalue weighted by molar-refractivity contribution is 5.97. The zero-order valence-electron chi connectivity index (χ0n) is 11.0. The van der Waals surface area contributed by atoms with Gasteiger partial charge in [-0.3, -0.25) is 4.79 Å². The number of carbonyl (C=O) groups is 1. The molecule has 21 heavy (non-hydrogen) atoms. The second-order valence-corrected chi connectivity index (χ2v) is 4.09. The Morgan fingerprint density at radius 3 is 2.90 bits per heavy atom. The minimum absolute atomic E-state index is 0.120. The molecule has 0 atom stereocenters. The average molecular weight is 285 g/mol. The molecule has 0 radical (unpaired) electrons. The molecule has 0 fully saturated rings. The Morgan fingerprint density at radius 2 is 2.24 bits per heavy atom. The monoisotopic (exact) mass is 285 g/mol. The molecule has 2 rings (SSSR count). The number of nitrogens with zero attached hydrogens (tertiary/aromatic N) is 1. The fourth-order valence-electron chi connectivity index (χ4n) is 1.56. The second kappa shape index (κ2) is 6.91. The molecule has 0 unspecified atom stereocenters. The van der Waals surface area contributed by atoms with Gasteiger partial charge >= 0.3 is 0 Å². The van der Waals surface area contributed by atoms with Gasteiger partial charge in [-0.1, -0.05) is 6.07 Å². The van der Waals surface area contributed by atoms with Crippen LogP contribution in [-0.4, -0.2) is 5.91 Å². The van der Waals surface area contributed by atoms with Crippen molar-refractivity contribution in [2.24, 2.45) is 0 Å². The first-order chi connectivity index (χ1) is 10.2. The Hall–Kier alpha value is -3.07. The summed E-state index contributed by atoms with van der Waals surface area (Å²) in [6.45, 7) is 0.185. The lowest BCUT2D eigenvalue weighted by molar-refractivity contribution is -0.117. The van der Waals surface area contributed by atoms with E-state index in [-0.39, 0.29) is 12.1 Å². The summed E-state index contributed by atoms with van der Waals surface area (Å²) in [4.78, 5) is 11.8. The van der Waals surface area contributed by atoms with Crippen LogP contribution in [0.5, 0.6) is 0 Å². The largest absolute Gasteiger partial charge is 0.467 e. The average Bonchev–Trinajstić information content (AvgIpc) is 2.99. The summed E-state index contributed by atoms with van der Waals surface area (Å²) in [7, 11) is 0. The number of carbonyl (C=O) groups excluding carboxylic acids is 1. The number of benzene rings is 1. The van der Waals surface area contributed by atoms with Gasteiger partial charge in [0.25, 0.3) is 5.91 Å². The van der Waals surface area contributed by atoms with Crippen molar-refractivity contribution in [3.05, 3.63) is 66.0 Å². The van der Waals surface area contributed by atoms with Gasteiger partial charge in [0.2, 0.25) is 0 Å². The Morgan fingerprint density at radius 1 is 1.38 bits per heavy atom. The minimum Gasteiger partial charge on any atom is -0.467 e.